The molecule has 4 rings (SSSR count). The van der Waals surface area contributed by atoms with Crippen molar-refractivity contribution < 1.29 is 4.79 Å². The number of hydrogen-bond donors (Lipinski definition) is 1. The van der Waals surface area contributed by atoms with Crippen molar-refractivity contribution in [2.75, 3.05) is 32.7 Å². The number of carbonyl (C=O) groups excluding carboxylic acids is 1. The van der Waals surface area contributed by atoms with E-state index in [9.17, 15) is 14.8 Å². The van der Waals surface area contributed by atoms with E-state index < -0.39 is 11.9 Å². The number of hydroxylamine groups is 2. The monoisotopic (exact) mass is 358 g/mol. The zero-order valence-electron chi connectivity index (χ0n) is 15.0. The molecule has 0 aliphatic carbocycles. The van der Waals surface area contributed by atoms with Crippen LogP contribution >= 0.6 is 0 Å². The summed E-state index contributed by atoms with van der Waals surface area (Å²) in [4.78, 5) is 27.4. The molecular weight excluding hydrogens is 334 g/mol. The SMILES string of the molecule is Cn1c(=O)n(C2CCCN([O-])C2=O)c2ccc(CN3CCNCC3)cc21. The molecule has 2 fully saturated rings. The summed E-state index contributed by atoms with van der Waals surface area (Å²) in [6.07, 6.45) is 1.14. The minimum Gasteiger partial charge on any atom is -0.756 e. The second kappa shape index (κ2) is 6.86. The molecule has 26 heavy (non-hydrogen) atoms. The van der Waals surface area contributed by atoms with Gasteiger partial charge in [0.05, 0.1) is 11.0 Å². The van der Waals surface area contributed by atoms with Crippen LogP contribution in [0.5, 0.6) is 0 Å². The summed E-state index contributed by atoms with van der Waals surface area (Å²) in [5.74, 6) is -0.518. The van der Waals surface area contributed by atoms with Gasteiger partial charge in [-0.25, -0.2) is 4.79 Å². The lowest BCUT2D eigenvalue weighted by Gasteiger charge is -2.37. The van der Waals surface area contributed by atoms with Gasteiger partial charge in [0.2, 0.25) is 5.91 Å². The molecule has 2 aromatic rings. The van der Waals surface area contributed by atoms with Crippen molar-refractivity contribution in [1.29, 1.82) is 0 Å². The molecule has 2 saturated heterocycles. The fraction of sp³-hybridized carbons (Fsp3) is 0.556. The number of carbonyl (C=O) groups is 1. The Bertz CT molecular complexity index is 881. The number of nitrogens with zero attached hydrogens (tertiary/aromatic N) is 4. The van der Waals surface area contributed by atoms with Gasteiger partial charge >= 0.3 is 5.69 Å². The largest absolute Gasteiger partial charge is 0.756 e. The predicted molar refractivity (Wildman–Crippen MR) is 98.7 cm³/mol. The summed E-state index contributed by atoms with van der Waals surface area (Å²) in [7, 11) is 1.72. The van der Waals surface area contributed by atoms with Crippen molar-refractivity contribution >= 4 is 16.9 Å². The average Bonchev–Trinajstić information content (AvgIpc) is 2.89. The highest BCUT2D eigenvalue weighted by Gasteiger charge is 2.29. The quantitative estimate of drug-likeness (QED) is 0.859. The normalized spacial score (nSPS) is 22.3. The maximum Gasteiger partial charge on any atom is 0.329 e. The lowest BCUT2D eigenvalue weighted by Crippen LogP contribution is -2.42. The summed E-state index contributed by atoms with van der Waals surface area (Å²) in [6.45, 7) is 5.05. The van der Waals surface area contributed by atoms with Crippen molar-refractivity contribution in [1.82, 2.24) is 24.4 Å². The van der Waals surface area contributed by atoms with Gasteiger partial charge in [0.25, 0.3) is 0 Å². The molecule has 2 aliphatic heterocycles. The van der Waals surface area contributed by atoms with Crippen molar-refractivity contribution in [2.45, 2.75) is 25.4 Å². The number of hydrogen-bond acceptors (Lipinski definition) is 5. The molecule has 140 valence electrons. The van der Waals surface area contributed by atoms with E-state index in [0.717, 1.165) is 49.3 Å². The zero-order valence-corrected chi connectivity index (χ0v) is 15.0. The third kappa shape index (κ3) is 2.94. The first kappa shape index (κ1) is 17.3. The van der Waals surface area contributed by atoms with Gasteiger partial charge in [-0.05, 0) is 30.5 Å². The standard InChI is InChI=1S/C18H24N5O3/c1-20-16-11-13(12-21-9-6-19-7-10-21)4-5-14(16)23(18(20)25)15-3-2-8-22(26)17(15)24/h4-5,11,15,19H,2-3,6-10,12H2,1H3/q-1. The van der Waals surface area contributed by atoms with E-state index in [1.807, 2.05) is 18.2 Å². The molecule has 1 amide bonds. The molecule has 1 atom stereocenters. The molecule has 1 N–H and O–H groups in total. The molecule has 0 spiro atoms. The van der Waals surface area contributed by atoms with Crippen LogP contribution in [0.4, 0.5) is 0 Å². The molecule has 3 heterocycles. The number of amides is 1. The van der Waals surface area contributed by atoms with Crippen LogP contribution in [0.3, 0.4) is 0 Å². The Morgan fingerprint density at radius 2 is 1.92 bits per heavy atom. The number of piperazine rings is 1. The summed E-state index contributed by atoms with van der Waals surface area (Å²) < 4.78 is 3.07. The van der Waals surface area contributed by atoms with E-state index in [2.05, 4.69) is 10.2 Å². The van der Waals surface area contributed by atoms with Crippen LogP contribution in [0.25, 0.3) is 11.0 Å². The number of nitrogens with one attached hydrogen (secondary N) is 1. The molecule has 8 heteroatoms. The molecule has 1 aromatic carbocycles. The molecule has 2 aliphatic rings. The minimum atomic E-state index is -0.698. The molecule has 1 unspecified atom stereocenters. The summed E-state index contributed by atoms with van der Waals surface area (Å²) in [5, 5.41) is 15.6. The number of fused-ring (bicyclic) bond motifs is 1. The lowest BCUT2D eigenvalue weighted by atomic mass is 10.1. The van der Waals surface area contributed by atoms with Gasteiger partial charge in [0.1, 0.15) is 6.04 Å². The predicted octanol–water partition coefficient (Wildman–Crippen LogP) is 0.407. The van der Waals surface area contributed by atoms with Gasteiger partial charge in [-0.1, -0.05) is 6.07 Å². The van der Waals surface area contributed by atoms with Crippen LogP contribution < -0.4 is 11.0 Å². The number of imidazole rings is 1. The Balaban J connectivity index is 1.70. The fourth-order valence-electron chi connectivity index (χ4n) is 4.00. The van der Waals surface area contributed by atoms with Gasteiger partial charge in [-0.3, -0.25) is 18.8 Å². The van der Waals surface area contributed by atoms with Crippen molar-refractivity contribution in [3.63, 3.8) is 0 Å². The smallest absolute Gasteiger partial charge is 0.329 e. The minimum absolute atomic E-state index is 0.212. The summed E-state index contributed by atoms with van der Waals surface area (Å²) in [5.41, 5.74) is 2.43. The van der Waals surface area contributed by atoms with Crippen LogP contribution in [-0.2, 0) is 18.4 Å². The van der Waals surface area contributed by atoms with Crippen molar-refractivity contribution in [2.24, 2.45) is 7.05 Å². The van der Waals surface area contributed by atoms with Crippen molar-refractivity contribution in [3.05, 3.63) is 39.5 Å². The van der Waals surface area contributed by atoms with Crippen LogP contribution in [0, 0.1) is 5.21 Å². The van der Waals surface area contributed by atoms with Gasteiger partial charge in [-0.15, -0.1) is 0 Å². The summed E-state index contributed by atoms with van der Waals surface area (Å²) in [6, 6.07) is 5.25. The van der Waals surface area contributed by atoms with Gasteiger partial charge in [0, 0.05) is 46.3 Å². The average molecular weight is 358 g/mol. The highest BCUT2D eigenvalue weighted by atomic mass is 16.5. The Labute approximate surface area is 151 Å². The number of aromatic nitrogens is 2. The molecular formula is C18H24N5O3-. The highest BCUT2D eigenvalue weighted by Crippen LogP contribution is 2.26. The number of rotatable bonds is 3. The molecule has 8 nitrogen and oxygen atoms in total. The van der Waals surface area contributed by atoms with Gasteiger partial charge < -0.3 is 15.6 Å². The number of benzene rings is 1. The van der Waals surface area contributed by atoms with Crippen LogP contribution in [0.2, 0.25) is 0 Å². The Kier molecular flexibility index (Phi) is 4.56. The summed E-state index contributed by atoms with van der Waals surface area (Å²) >= 11 is 0. The first-order chi connectivity index (χ1) is 12.6. The zero-order chi connectivity index (χ0) is 18.3. The van der Waals surface area contributed by atoms with E-state index in [4.69, 9.17) is 0 Å². The maximum atomic E-state index is 12.8. The number of aryl methyl sites for hydroxylation is 1. The van der Waals surface area contributed by atoms with E-state index in [1.54, 1.807) is 11.6 Å². The number of piperidine rings is 1. The first-order valence-electron chi connectivity index (χ1n) is 9.17. The second-order valence-electron chi connectivity index (χ2n) is 7.16. The second-order valence-corrected chi connectivity index (χ2v) is 7.16. The Hall–Kier alpha value is -2.16. The highest BCUT2D eigenvalue weighted by molar-refractivity contribution is 5.85. The van der Waals surface area contributed by atoms with Crippen LogP contribution in [0.15, 0.2) is 23.0 Å². The molecule has 1 aromatic heterocycles. The Morgan fingerprint density at radius 3 is 2.69 bits per heavy atom. The fourth-order valence-corrected chi connectivity index (χ4v) is 4.00. The van der Waals surface area contributed by atoms with E-state index in [1.165, 1.54) is 4.57 Å². The third-order valence-electron chi connectivity index (χ3n) is 5.45. The maximum absolute atomic E-state index is 12.8. The van der Waals surface area contributed by atoms with E-state index in [-0.39, 0.29) is 12.2 Å². The topological polar surface area (TPSA) is 85.6 Å². The van der Waals surface area contributed by atoms with Gasteiger partial charge in [0.15, 0.2) is 0 Å². The van der Waals surface area contributed by atoms with Crippen molar-refractivity contribution in [3.8, 4) is 0 Å². The lowest BCUT2D eigenvalue weighted by molar-refractivity contribution is -0.134. The molecule has 0 saturated carbocycles. The first-order valence-corrected chi connectivity index (χ1v) is 9.17. The van der Waals surface area contributed by atoms with Crippen LogP contribution in [0.1, 0.15) is 24.4 Å². The Morgan fingerprint density at radius 1 is 1.15 bits per heavy atom. The third-order valence-corrected chi connectivity index (χ3v) is 5.45. The van der Waals surface area contributed by atoms with Crippen LogP contribution in [-0.4, -0.2) is 57.7 Å². The van der Waals surface area contributed by atoms with E-state index >= 15 is 0 Å². The van der Waals surface area contributed by atoms with Gasteiger partial charge in [-0.2, -0.15) is 0 Å². The molecule has 0 radical (unpaired) electrons. The molecule has 0 bridgehead atoms. The van der Waals surface area contributed by atoms with E-state index in [0.29, 0.717) is 17.9 Å².